The van der Waals surface area contributed by atoms with Gasteiger partial charge in [0.2, 0.25) is 23.9 Å². The molecule has 0 amide bonds. The van der Waals surface area contributed by atoms with Crippen LogP contribution in [0.25, 0.3) is 66.8 Å². The minimum absolute atomic E-state index is 0.00607. The molecule has 2 aliphatic carbocycles. The van der Waals surface area contributed by atoms with Crippen molar-refractivity contribution in [3.05, 3.63) is 240 Å². The predicted molar refractivity (Wildman–Crippen MR) is 355 cm³/mol. The van der Waals surface area contributed by atoms with Crippen LogP contribution < -0.4 is 15.9 Å². The highest BCUT2D eigenvalue weighted by Crippen LogP contribution is 2.45. The van der Waals surface area contributed by atoms with Crippen LogP contribution in [0.1, 0.15) is 110 Å². The van der Waals surface area contributed by atoms with Crippen molar-refractivity contribution < 1.29 is 62.1 Å². The molecule has 6 aliphatic rings. The average molecular weight is 1300 g/mol. The van der Waals surface area contributed by atoms with Gasteiger partial charge < -0.3 is 47.2 Å². The fraction of sp³-hybridized carbons (Fsp3) is 0.224. The summed E-state index contributed by atoms with van der Waals surface area (Å²) in [6, 6.07) is 51.3. The molecule has 16 rings (SSSR count). The summed E-state index contributed by atoms with van der Waals surface area (Å²) in [5.41, 5.74) is 9.98. The maximum Gasteiger partial charge on any atom is 0.514 e. The lowest BCUT2D eigenvalue weighted by Crippen LogP contribution is -2.48. The molecule has 0 radical (unpaired) electrons. The van der Waals surface area contributed by atoms with Crippen molar-refractivity contribution in [2.45, 2.75) is 104 Å². The van der Waals surface area contributed by atoms with E-state index in [1.54, 1.807) is 74.1 Å². The fourth-order valence-corrected chi connectivity index (χ4v) is 13.6. The summed E-state index contributed by atoms with van der Waals surface area (Å²) in [6.07, 6.45) is -1.99. The van der Waals surface area contributed by atoms with Crippen LogP contribution in [0.5, 0.6) is 5.75 Å². The Morgan fingerprint density at radius 3 is 1.52 bits per heavy atom. The lowest BCUT2D eigenvalue weighted by Gasteiger charge is -2.36. The number of fused-ring (bicyclic) bond motifs is 16. The van der Waals surface area contributed by atoms with E-state index in [2.05, 4.69) is 10.3 Å². The van der Waals surface area contributed by atoms with Gasteiger partial charge >= 0.3 is 30.0 Å². The van der Waals surface area contributed by atoms with Crippen molar-refractivity contribution >= 4 is 63.3 Å². The second kappa shape index (κ2) is 23.5. The van der Waals surface area contributed by atoms with Crippen LogP contribution in [0.2, 0.25) is 0 Å². The lowest BCUT2D eigenvalue weighted by atomic mass is 9.85. The fourth-order valence-electron chi connectivity index (χ4n) is 13.6. The summed E-state index contributed by atoms with van der Waals surface area (Å²) in [7, 11) is 0. The van der Waals surface area contributed by atoms with Crippen LogP contribution in [0.4, 0.5) is 4.79 Å². The molecule has 6 aromatic carbocycles. The summed E-state index contributed by atoms with van der Waals surface area (Å²) in [5, 5.41) is 10.3. The second-order valence-electron chi connectivity index (χ2n) is 25.2. The first-order chi connectivity index (χ1) is 46.8. The molecule has 0 N–H and O–H groups in total. The maximum atomic E-state index is 14.0. The third kappa shape index (κ3) is 10.4. The van der Waals surface area contributed by atoms with E-state index in [0.717, 1.165) is 66.5 Å². The first kappa shape index (κ1) is 61.3. The number of hydrogen-bond acceptors (Lipinski definition) is 19. The van der Waals surface area contributed by atoms with Crippen LogP contribution in [0.3, 0.4) is 0 Å². The van der Waals surface area contributed by atoms with Gasteiger partial charge in [-0.05, 0) is 111 Å². The Bertz CT molecular complexity index is 5180. The lowest BCUT2D eigenvalue weighted by molar-refractivity contribution is -0.195. The van der Waals surface area contributed by atoms with Crippen LogP contribution in [-0.4, -0.2) is 78.9 Å². The predicted octanol–water partition coefficient (Wildman–Crippen LogP) is 11.9. The summed E-state index contributed by atoms with van der Waals surface area (Å²) in [4.78, 5) is 115. The topological polar surface area (TPSA) is 254 Å². The number of carbonyl (C=O) groups is 5. The Morgan fingerprint density at radius 1 is 0.557 bits per heavy atom. The van der Waals surface area contributed by atoms with E-state index in [9.17, 15) is 33.6 Å². The molecule has 10 aromatic rings. The van der Waals surface area contributed by atoms with Gasteiger partial charge in [-0.2, -0.15) is 0 Å². The Kier molecular flexibility index (Phi) is 14.9. The van der Waals surface area contributed by atoms with Gasteiger partial charge in [0.25, 0.3) is 11.1 Å². The summed E-state index contributed by atoms with van der Waals surface area (Å²) in [5.74, 6) is -2.91. The van der Waals surface area contributed by atoms with Crippen molar-refractivity contribution in [3.63, 3.8) is 0 Å². The number of ether oxygens (including phenoxy) is 6. The number of para-hydroxylation sites is 1. The number of aromatic nitrogens is 4. The van der Waals surface area contributed by atoms with Crippen molar-refractivity contribution in [1.82, 2.24) is 19.1 Å². The van der Waals surface area contributed by atoms with Gasteiger partial charge in [0.1, 0.15) is 36.0 Å². The number of oxime groups is 2. The molecule has 3 atom stereocenters. The molecular formula is C76H60N6O15. The molecule has 0 bridgehead atoms. The van der Waals surface area contributed by atoms with Crippen LogP contribution in [-0.2, 0) is 90.0 Å². The highest BCUT2D eigenvalue weighted by Gasteiger charge is 2.53. The summed E-state index contributed by atoms with van der Waals surface area (Å²) >= 11 is 0. The average Bonchev–Trinajstić information content (AvgIpc) is 1.71. The second-order valence-corrected chi connectivity index (χ2v) is 25.2. The van der Waals surface area contributed by atoms with Crippen molar-refractivity contribution in [2.75, 3.05) is 6.61 Å². The quantitative estimate of drug-likeness (QED) is 0.0505. The zero-order valence-electron chi connectivity index (χ0n) is 53.4. The molecule has 0 saturated carbocycles. The molecule has 484 valence electrons. The smallest absolute Gasteiger partial charge is 0.457 e. The van der Waals surface area contributed by atoms with E-state index < -0.39 is 59.5 Å². The number of rotatable bonds is 11. The van der Waals surface area contributed by atoms with Crippen LogP contribution in [0, 0.1) is 0 Å². The molecule has 0 saturated heterocycles. The molecule has 8 heterocycles. The molecule has 0 spiro atoms. The minimum atomic E-state index is -1.91. The van der Waals surface area contributed by atoms with E-state index in [4.69, 9.17) is 48.1 Å². The number of esters is 4. The van der Waals surface area contributed by atoms with Gasteiger partial charge in [-0.3, -0.25) is 9.59 Å². The number of carbonyl (C=O) groups excluding carboxylic acids is 5. The van der Waals surface area contributed by atoms with E-state index in [-0.39, 0.29) is 66.2 Å². The number of pyridine rings is 4. The normalized spacial score (nSPS) is 17.1. The third-order valence-corrected chi connectivity index (χ3v) is 18.3. The molecule has 4 aromatic heterocycles. The van der Waals surface area contributed by atoms with Gasteiger partial charge in [0.15, 0.2) is 0 Å². The first-order valence-corrected chi connectivity index (χ1v) is 31.7. The summed E-state index contributed by atoms with van der Waals surface area (Å²) < 4.78 is 36.7. The summed E-state index contributed by atoms with van der Waals surface area (Å²) in [6.45, 7) is 9.66. The van der Waals surface area contributed by atoms with Gasteiger partial charge in [-0.25, -0.2) is 33.9 Å². The molecule has 4 aliphatic heterocycles. The van der Waals surface area contributed by atoms with Gasteiger partial charge in [-0.1, -0.05) is 139 Å². The molecular weight excluding hydrogens is 1240 g/mol. The van der Waals surface area contributed by atoms with E-state index in [1.165, 1.54) is 6.92 Å². The third-order valence-electron chi connectivity index (χ3n) is 18.3. The van der Waals surface area contributed by atoms with Gasteiger partial charge in [-0.15, -0.1) is 0 Å². The van der Waals surface area contributed by atoms with Gasteiger partial charge in [0.05, 0.1) is 58.0 Å². The van der Waals surface area contributed by atoms with Crippen molar-refractivity contribution in [1.29, 1.82) is 0 Å². The number of cyclic esters (lactones) is 2. The Morgan fingerprint density at radius 2 is 1.01 bits per heavy atom. The van der Waals surface area contributed by atoms with E-state index >= 15 is 0 Å². The zero-order valence-corrected chi connectivity index (χ0v) is 53.4. The SMILES string of the molecule is CC[C@@]1(OC(=O)C(C)ON=C2c3ccccc3-c3ccccc32)C(=O)OCc2c1cc1n(c2=O)Cc2cc3cc(OC(=O)OC(C)(C)C)ccc3nc2-1.CC[C@@]1(OC(=O)CON=C2c3ccccc3-c3ccccc32)C(=O)OCc2c1cc1n(c2=O)Cc2cc3ccccc3nc2-1. The highest BCUT2D eigenvalue weighted by molar-refractivity contribution is 6.25. The number of nitrogens with zero attached hydrogens (tertiary/aromatic N) is 6. The molecule has 1 unspecified atom stereocenters. The Hall–Kier alpha value is -11.9. The van der Waals surface area contributed by atoms with Crippen molar-refractivity contribution in [2.24, 2.45) is 10.3 Å². The molecule has 97 heavy (non-hydrogen) atoms. The Labute approximate surface area is 553 Å². The monoisotopic (exact) mass is 1300 g/mol. The largest absolute Gasteiger partial charge is 0.514 e. The van der Waals surface area contributed by atoms with Crippen LogP contribution in [0.15, 0.2) is 184 Å². The molecule has 0 fully saturated rings. The standard InChI is InChI=1S/C41H35N3O9.C35H25N3O6/c1-6-41(51-37(46)22(2)53-43-35-28-13-9-7-11-26(28)27-12-8-10-14-29(27)35)31-19-33-34-24(20-44(33)36(45)30(31)21-49-38(41)47)17-23-18-25(15-16-32(23)42-34)50-39(48)52-40(3,4)5;1-2-35(44-30(39)19-43-37-32-24-12-6-4-10-22(24)23-11-5-7-13-25(23)32)27-16-29-31-21(15-20-9-3-8-14-28(20)36-31)17-38(29)33(40)26(27)18-42-34(35)41/h7-19,22H,6,20-21H2,1-5H3;3-16H,2,17-19H2,1H3/t22?,41-;35-/m00/s1. The van der Waals surface area contributed by atoms with Crippen molar-refractivity contribution in [3.8, 4) is 50.8 Å². The van der Waals surface area contributed by atoms with E-state index in [1.807, 2.05) is 133 Å². The van der Waals surface area contributed by atoms with Gasteiger partial charge in [0, 0.05) is 55.3 Å². The maximum absolute atomic E-state index is 14.0. The number of benzene rings is 6. The molecule has 21 heteroatoms. The first-order valence-electron chi connectivity index (χ1n) is 31.7. The highest BCUT2D eigenvalue weighted by atomic mass is 16.7. The number of hydrogen-bond donors (Lipinski definition) is 0. The molecule has 21 nitrogen and oxygen atoms in total. The minimum Gasteiger partial charge on any atom is -0.457 e. The van der Waals surface area contributed by atoms with Crippen LogP contribution >= 0.6 is 0 Å². The van der Waals surface area contributed by atoms with E-state index in [0.29, 0.717) is 57.2 Å². The Balaban J connectivity index is 0.000000161. The zero-order chi connectivity index (χ0) is 67.2.